The van der Waals surface area contributed by atoms with Gasteiger partial charge in [0.25, 0.3) is 11.1 Å². The van der Waals surface area contributed by atoms with Crippen molar-refractivity contribution in [1.29, 1.82) is 0 Å². The van der Waals surface area contributed by atoms with Crippen molar-refractivity contribution in [1.82, 2.24) is 14.6 Å². The van der Waals surface area contributed by atoms with Gasteiger partial charge < -0.3 is 4.74 Å². The highest BCUT2D eigenvalue weighted by atomic mass is 79.9. The van der Waals surface area contributed by atoms with Crippen LogP contribution in [0.3, 0.4) is 0 Å². The van der Waals surface area contributed by atoms with Crippen LogP contribution in [0.2, 0.25) is 0 Å². The molecule has 0 bridgehead atoms. The zero-order valence-electron chi connectivity index (χ0n) is 14.8. The number of nitrogens with zero attached hydrogens (tertiary/aromatic N) is 3. The molecular formula is C20H14BrN3O3S. The van der Waals surface area contributed by atoms with Gasteiger partial charge in [0, 0.05) is 10.9 Å². The molecule has 0 fully saturated rings. The molecule has 4 aromatic rings. The SMILES string of the molecule is COc1ccc(Cc2nn3c(=O)/c(=C\c4ccc(Br)cc4)sc3nc2=O)cc1. The first kappa shape index (κ1) is 18.5. The molecule has 28 heavy (non-hydrogen) atoms. The Kier molecular flexibility index (Phi) is 5.06. The molecule has 0 unspecified atom stereocenters. The van der Waals surface area contributed by atoms with Gasteiger partial charge in [0.15, 0.2) is 0 Å². The van der Waals surface area contributed by atoms with Crippen LogP contribution < -0.4 is 20.4 Å². The summed E-state index contributed by atoms with van der Waals surface area (Å²) in [4.78, 5) is 29.4. The number of halogens is 1. The highest BCUT2D eigenvalue weighted by Gasteiger charge is 2.12. The van der Waals surface area contributed by atoms with Crippen LogP contribution in [0.1, 0.15) is 16.8 Å². The maximum atomic E-state index is 12.7. The molecule has 0 radical (unpaired) electrons. The summed E-state index contributed by atoms with van der Waals surface area (Å²) in [6.45, 7) is 0. The predicted octanol–water partition coefficient (Wildman–Crippen LogP) is 2.42. The van der Waals surface area contributed by atoms with E-state index in [1.165, 1.54) is 4.52 Å². The van der Waals surface area contributed by atoms with Crippen LogP contribution >= 0.6 is 27.3 Å². The summed E-state index contributed by atoms with van der Waals surface area (Å²) < 4.78 is 7.77. The number of rotatable bonds is 4. The van der Waals surface area contributed by atoms with Gasteiger partial charge in [-0.2, -0.15) is 14.6 Å². The van der Waals surface area contributed by atoms with Gasteiger partial charge in [-0.15, -0.1) is 0 Å². The molecule has 0 aliphatic rings. The predicted molar refractivity (Wildman–Crippen MR) is 112 cm³/mol. The average Bonchev–Trinajstić information content (AvgIpc) is 2.99. The number of fused-ring (bicyclic) bond motifs is 1. The summed E-state index contributed by atoms with van der Waals surface area (Å²) in [5.74, 6) is 0.731. The topological polar surface area (TPSA) is 73.6 Å². The molecule has 0 spiro atoms. The van der Waals surface area contributed by atoms with Gasteiger partial charge >= 0.3 is 0 Å². The van der Waals surface area contributed by atoms with E-state index in [1.54, 1.807) is 13.2 Å². The van der Waals surface area contributed by atoms with Crippen molar-refractivity contribution in [2.75, 3.05) is 7.11 Å². The summed E-state index contributed by atoms with van der Waals surface area (Å²) >= 11 is 4.54. The summed E-state index contributed by atoms with van der Waals surface area (Å²) in [6.07, 6.45) is 2.06. The van der Waals surface area contributed by atoms with Crippen LogP contribution in [-0.4, -0.2) is 21.7 Å². The number of hydrogen-bond donors (Lipinski definition) is 0. The summed E-state index contributed by atoms with van der Waals surface area (Å²) in [7, 11) is 1.59. The molecular weight excluding hydrogens is 442 g/mol. The van der Waals surface area contributed by atoms with E-state index < -0.39 is 5.56 Å². The van der Waals surface area contributed by atoms with Gasteiger partial charge in [-0.25, -0.2) is 0 Å². The molecule has 0 amide bonds. The monoisotopic (exact) mass is 455 g/mol. The van der Waals surface area contributed by atoms with E-state index in [4.69, 9.17) is 4.74 Å². The molecule has 2 aromatic heterocycles. The Morgan fingerprint density at radius 1 is 1.11 bits per heavy atom. The highest BCUT2D eigenvalue weighted by Crippen LogP contribution is 2.13. The van der Waals surface area contributed by atoms with Crippen LogP contribution in [0.15, 0.2) is 62.6 Å². The molecule has 6 nitrogen and oxygen atoms in total. The average molecular weight is 456 g/mol. The lowest BCUT2D eigenvalue weighted by Crippen LogP contribution is -2.28. The Morgan fingerprint density at radius 2 is 1.82 bits per heavy atom. The summed E-state index contributed by atoms with van der Waals surface area (Å²) in [6, 6.07) is 14.9. The van der Waals surface area contributed by atoms with E-state index in [1.807, 2.05) is 48.5 Å². The van der Waals surface area contributed by atoms with Gasteiger partial charge in [-0.05, 0) is 41.5 Å². The minimum Gasteiger partial charge on any atom is -0.497 e. The largest absolute Gasteiger partial charge is 0.497 e. The van der Waals surface area contributed by atoms with Crippen molar-refractivity contribution in [2.24, 2.45) is 0 Å². The van der Waals surface area contributed by atoms with Crippen molar-refractivity contribution in [3.8, 4) is 5.75 Å². The zero-order valence-corrected chi connectivity index (χ0v) is 17.2. The molecule has 0 saturated carbocycles. The molecule has 4 rings (SSSR count). The third kappa shape index (κ3) is 3.74. The van der Waals surface area contributed by atoms with E-state index in [-0.39, 0.29) is 16.2 Å². The number of ether oxygens (including phenoxy) is 1. The highest BCUT2D eigenvalue weighted by molar-refractivity contribution is 9.10. The minimum atomic E-state index is -0.424. The third-order valence-electron chi connectivity index (χ3n) is 4.15. The van der Waals surface area contributed by atoms with Gasteiger partial charge in [-0.1, -0.05) is 51.5 Å². The molecule has 0 saturated heterocycles. The van der Waals surface area contributed by atoms with E-state index in [0.717, 1.165) is 32.7 Å². The lowest BCUT2D eigenvalue weighted by atomic mass is 10.1. The fourth-order valence-electron chi connectivity index (χ4n) is 2.70. The van der Waals surface area contributed by atoms with Crippen LogP contribution in [0, 0.1) is 0 Å². The quantitative estimate of drug-likeness (QED) is 0.472. The van der Waals surface area contributed by atoms with Gasteiger partial charge in [-0.3, -0.25) is 9.59 Å². The molecule has 0 N–H and O–H groups in total. The Balaban J connectivity index is 1.75. The first-order chi connectivity index (χ1) is 13.5. The van der Waals surface area contributed by atoms with Crippen molar-refractivity contribution < 1.29 is 4.74 Å². The summed E-state index contributed by atoms with van der Waals surface area (Å²) in [5.41, 5.74) is 1.29. The van der Waals surface area contributed by atoms with E-state index in [2.05, 4.69) is 26.0 Å². The van der Waals surface area contributed by atoms with Gasteiger partial charge in [0.2, 0.25) is 4.96 Å². The maximum absolute atomic E-state index is 12.7. The third-order valence-corrected chi connectivity index (χ3v) is 5.64. The second-order valence-corrected chi connectivity index (χ2v) is 7.98. The number of aromatic nitrogens is 3. The molecule has 140 valence electrons. The number of benzene rings is 2. The first-order valence-corrected chi connectivity index (χ1v) is 9.97. The number of methoxy groups -OCH3 is 1. The fraction of sp³-hybridized carbons (Fsp3) is 0.100. The first-order valence-electron chi connectivity index (χ1n) is 8.36. The van der Waals surface area contributed by atoms with Crippen molar-refractivity contribution in [3.05, 3.63) is 95.1 Å². The number of thiazole rings is 1. The Labute approximate surface area is 171 Å². The summed E-state index contributed by atoms with van der Waals surface area (Å²) in [5, 5.41) is 4.27. The van der Waals surface area contributed by atoms with E-state index in [0.29, 0.717) is 11.0 Å². The minimum absolute atomic E-state index is 0.229. The molecule has 0 aliphatic heterocycles. The second-order valence-electron chi connectivity index (χ2n) is 6.05. The normalized spacial score (nSPS) is 11.9. The molecule has 8 heteroatoms. The maximum Gasteiger partial charge on any atom is 0.296 e. The Hall–Kier alpha value is -2.84. The van der Waals surface area contributed by atoms with Crippen LogP contribution in [0.4, 0.5) is 0 Å². The number of hydrogen-bond acceptors (Lipinski definition) is 6. The lowest BCUT2D eigenvalue weighted by Gasteiger charge is -2.02. The molecule has 2 aromatic carbocycles. The second kappa shape index (κ2) is 7.65. The fourth-order valence-corrected chi connectivity index (χ4v) is 3.87. The smallest absolute Gasteiger partial charge is 0.296 e. The van der Waals surface area contributed by atoms with Crippen LogP contribution in [0.5, 0.6) is 5.75 Å². The van der Waals surface area contributed by atoms with Gasteiger partial charge in [0.05, 0.1) is 11.6 Å². The lowest BCUT2D eigenvalue weighted by molar-refractivity contribution is 0.414. The van der Waals surface area contributed by atoms with Crippen molar-refractivity contribution in [2.45, 2.75) is 6.42 Å². The zero-order chi connectivity index (χ0) is 19.7. The Bertz CT molecular complexity index is 1310. The standard InChI is InChI=1S/C20H14BrN3O3S/c1-27-15-8-4-12(5-9-15)10-16-18(25)22-20-24(23-16)19(26)17(28-20)11-13-2-6-14(21)7-3-13/h2-9,11H,10H2,1H3/b17-11+. The molecule has 2 heterocycles. The van der Waals surface area contributed by atoms with Crippen molar-refractivity contribution in [3.63, 3.8) is 0 Å². The van der Waals surface area contributed by atoms with Gasteiger partial charge in [0.1, 0.15) is 11.4 Å². The van der Waals surface area contributed by atoms with Crippen LogP contribution in [0.25, 0.3) is 11.0 Å². The van der Waals surface area contributed by atoms with E-state index in [9.17, 15) is 9.59 Å². The van der Waals surface area contributed by atoms with E-state index >= 15 is 0 Å². The van der Waals surface area contributed by atoms with Crippen LogP contribution in [-0.2, 0) is 6.42 Å². The molecule has 0 atom stereocenters. The van der Waals surface area contributed by atoms with Crippen molar-refractivity contribution >= 4 is 38.3 Å². The molecule has 0 aliphatic carbocycles. The Morgan fingerprint density at radius 3 is 2.50 bits per heavy atom.